The first kappa shape index (κ1) is 14.2. The van der Waals surface area contributed by atoms with Gasteiger partial charge >= 0.3 is 0 Å². The average Bonchev–Trinajstić information content (AvgIpc) is 2.48. The van der Waals surface area contributed by atoms with Gasteiger partial charge in [0.1, 0.15) is 5.82 Å². The molecule has 3 aromatic rings. The zero-order valence-corrected chi connectivity index (χ0v) is 12.8. The molecule has 0 saturated heterocycles. The Bertz CT molecular complexity index is 861. The number of halogens is 2. The lowest BCUT2D eigenvalue weighted by Gasteiger charge is -2.11. The van der Waals surface area contributed by atoms with Crippen molar-refractivity contribution in [2.24, 2.45) is 0 Å². The Morgan fingerprint density at radius 2 is 1.62 bits per heavy atom. The molecule has 4 heteroatoms. The molecule has 21 heavy (non-hydrogen) atoms. The molecule has 3 rings (SSSR count). The van der Waals surface area contributed by atoms with E-state index in [9.17, 15) is 8.60 Å². The van der Waals surface area contributed by atoms with E-state index in [-0.39, 0.29) is 5.82 Å². The van der Waals surface area contributed by atoms with Gasteiger partial charge in [-0.15, -0.1) is 0 Å². The van der Waals surface area contributed by atoms with Gasteiger partial charge in [-0.3, -0.25) is 4.21 Å². The van der Waals surface area contributed by atoms with Crippen molar-refractivity contribution in [3.63, 3.8) is 0 Å². The van der Waals surface area contributed by atoms with Gasteiger partial charge in [0.25, 0.3) is 0 Å². The topological polar surface area (TPSA) is 17.1 Å². The molecular weight excluding hydrogens is 307 g/mol. The number of rotatable bonds is 2. The standard InChI is InChI=1S/C17H12ClFOS/c1-21(20)17-9-12-5-3-2-4-11(12)8-15(17)14-10-13(18)6-7-16(14)19/h2-10H,1H3. The highest BCUT2D eigenvalue weighted by molar-refractivity contribution is 7.84. The number of hydrogen-bond acceptors (Lipinski definition) is 1. The third kappa shape index (κ3) is 2.71. The zero-order chi connectivity index (χ0) is 15.0. The lowest BCUT2D eigenvalue weighted by molar-refractivity contribution is 0.631. The van der Waals surface area contributed by atoms with Crippen LogP contribution in [0.5, 0.6) is 0 Å². The van der Waals surface area contributed by atoms with Crippen LogP contribution >= 0.6 is 11.6 Å². The van der Waals surface area contributed by atoms with Crippen molar-refractivity contribution in [3.8, 4) is 11.1 Å². The van der Waals surface area contributed by atoms with Crippen LogP contribution in [0.1, 0.15) is 0 Å². The molecule has 0 aliphatic carbocycles. The summed E-state index contributed by atoms with van der Waals surface area (Å²) in [6.45, 7) is 0. The summed E-state index contributed by atoms with van der Waals surface area (Å²) < 4.78 is 26.2. The van der Waals surface area contributed by atoms with Gasteiger partial charge in [0, 0.05) is 27.3 Å². The van der Waals surface area contributed by atoms with E-state index in [1.54, 1.807) is 12.3 Å². The van der Waals surface area contributed by atoms with Crippen LogP contribution in [0.25, 0.3) is 21.9 Å². The molecule has 3 aromatic carbocycles. The lowest BCUT2D eigenvalue weighted by Crippen LogP contribution is -1.95. The van der Waals surface area contributed by atoms with Crippen LogP contribution in [0.2, 0.25) is 5.02 Å². The lowest BCUT2D eigenvalue weighted by atomic mass is 10.0. The molecular formula is C17H12ClFOS. The molecule has 1 nitrogen and oxygen atoms in total. The second-order valence-corrected chi connectivity index (χ2v) is 6.56. The Kier molecular flexibility index (Phi) is 3.79. The summed E-state index contributed by atoms with van der Waals surface area (Å²) >= 11 is 5.97. The largest absolute Gasteiger partial charge is 0.255 e. The summed E-state index contributed by atoms with van der Waals surface area (Å²) in [6, 6.07) is 15.8. The highest BCUT2D eigenvalue weighted by atomic mass is 35.5. The van der Waals surface area contributed by atoms with Crippen molar-refractivity contribution >= 4 is 33.2 Å². The quantitative estimate of drug-likeness (QED) is 0.647. The Balaban J connectivity index is 2.37. The van der Waals surface area contributed by atoms with E-state index in [1.165, 1.54) is 12.1 Å². The first-order valence-electron chi connectivity index (χ1n) is 6.38. The van der Waals surface area contributed by atoms with Gasteiger partial charge in [-0.1, -0.05) is 35.9 Å². The molecule has 0 saturated carbocycles. The van der Waals surface area contributed by atoms with Gasteiger partial charge in [-0.2, -0.15) is 0 Å². The fourth-order valence-corrected chi connectivity index (χ4v) is 3.32. The normalized spacial score (nSPS) is 12.5. The maximum absolute atomic E-state index is 14.1. The molecule has 0 amide bonds. The molecule has 0 aromatic heterocycles. The van der Waals surface area contributed by atoms with E-state index in [0.29, 0.717) is 21.0 Å². The van der Waals surface area contributed by atoms with Gasteiger partial charge in [0.05, 0.1) is 10.8 Å². The summed E-state index contributed by atoms with van der Waals surface area (Å²) in [5.74, 6) is -0.374. The van der Waals surface area contributed by atoms with Gasteiger partial charge in [-0.05, 0) is 41.1 Å². The fraction of sp³-hybridized carbons (Fsp3) is 0.0588. The fourth-order valence-electron chi connectivity index (χ4n) is 2.37. The Labute approximate surface area is 129 Å². The van der Waals surface area contributed by atoms with Crippen molar-refractivity contribution in [2.45, 2.75) is 4.90 Å². The molecule has 0 spiro atoms. The SMILES string of the molecule is CS(=O)c1cc2ccccc2cc1-c1cc(Cl)ccc1F. The highest BCUT2D eigenvalue weighted by Gasteiger charge is 2.14. The molecule has 0 aliphatic heterocycles. The van der Waals surface area contributed by atoms with Gasteiger partial charge in [0.15, 0.2) is 0 Å². The molecule has 0 N–H and O–H groups in total. The number of hydrogen-bond donors (Lipinski definition) is 0. The predicted octanol–water partition coefficient (Wildman–Crippen LogP) is 5.04. The van der Waals surface area contributed by atoms with E-state index >= 15 is 0 Å². The van der Waals surface area contributed by atoms with E-state index in [0.717, 1.165) is 10.8 Å². The second-order valence-electron chi connectivity index (χ2n) is 4.77. The van der Waals surface area contributed by atoms with E-state index in [2.05, 4.69) is 0 Å². The summed E-state index contributed by atoms with van der Waals surface area (Å²) in [6.07, 6.45) is 1.59. The Hall–Kier alpha value is -1.71. The maximum atomic E-state index is 14.1. The molecule has 1 unspecified atom stereocenters. The van der Waals surface area contributed by atoms with Crippen LogP contribution in [0.4, 0.5) is 4.39 Å². The van der Waals surface area contributed by atoms with Crippen molar-refractivity contribution in [3.05, 3.63) is 65.4 Å². The van der Waals surface area contributed by atoms with Crippen molar-refractivity contribution in [2.75, 3.05) is 6.26 Å². The summed E-state index contributed by atoms with van der Waals surface area (Å²) in [4.78, 5) is 0.606. The Morgan fingerprint density at radius 3 is 2.29 bits per heavy atom. The van der Waals surface area contributed by atoms with Crippen LogP contribution in [0.15, 0.2) is 59.5 Å². The van der Waals surface area contributed by atoms with Gasteiger partial charge in [0.2, 0.25) is 0 Å². The summed E-state index contributed by atoms with van der Waals surface area (Å²) in [5, 5.41) is 2.40. The molecule has 0 heterocycles. The second kappa shape index (κ2) is 5.58. The van der Waals surface area contributed by atoms with Crippen molar-refractivity contribution < 1.29 is 8.60 Å². The Morgan fingerprint density at radius 1 is 0.952 bits per heavy atom. The van der Waals surface area contributed by atoms with Gasteiger partial charge in [-0.25, -0.2) is 4.39 Å². The summed E-state index contributed by atoms with van der Waals surface area (Å²) in [7, 11) is -1.22. The minimum Gasteiger partial charge on any atom is -0.255 e. The van der Waals surface area contributed by atoms with Crippen LogP contribution in [0.3, 0.4) is 0 Å². The third-order valence-corrected chi connectivity index (χ3v) is 4.57. The monoisotopic (exact) mass is 318 g/mol. The van der Waals surface area contributed by atoms with Crippen molar-refractivity contribution in [1.29, 1.82) is 0 Å². The van der Waals surface area contributed by atoms with E-state index in [4.69, 9.17) is 11.6 Å². The minimum absolute atomic E-state index is 0.374. The third-order valence-electron chi connectivity index (χ3n) is 3.38. The number of fused-ring (bicyclic) bond motifs is 1. The molecule has 0 radical (unpaired) electrons. The molecule has 1 atom stereocenters. The molecule has 0 fully saturated rings. The highest BCUT2D eigenvalue weighted by Crippen LogP contribution is 2.33. The smallest absolute Gasteiger partial charge is 0.131 e. The van der Waals surface area contributed by atoms with E-state index in [1.807, 2.05) is 36.4 Å². The number of benzene rings is 3. The minimum atomic E-state index is -1.22. The summed E-state index contributed by atoms with van der Waals surface area (Å²) in [5.41, 5.74) is 0.994. The molecule has 106 valence electrons. The first-order valence-corrected chi connectivity index (χ1v) is 8.31. The average molecular weight is 319 g/mol. The van der Waals surface area contributed by atoms with Gasteiger partial charge < -0.3 is 0 Å². The van der Waals surface area contributed by atoms with Crippen molar-refractivity contribution in [1.82, 2.24) is 0 Å². The maximum Gasteiger partial charge on any atom is 0.131 e. The van der Waals surface area contributed by atoms with Crippen LogP contribution in [-0.2, 0) is 10.8 Å². The molecule has 0 bridgehead atoms. The van der Waals surface area contributed by atoms with Crippen LogP contribution in [0, 0.1) is 5.82 Å². The predicted molar refractivity (Wildman–Crippen MR) is 86.7 cm³/mol. The zero-order valence-electron chi connectivity index (χ0n) is 11.3. The van der Waals surface area contributed by atoms with Crippen LogP contribution < -0.4 is 0 Å². The van der Waals surface area contributed by atoms with E-state index < -0.39 is 10.8 Å². The van der Waals surface area contributed by atoms with Crippen LogP contribution in [-0.4, -0.2) is 10.5 Å². The molecule has 0 aliphatic rings. The first-order chi connectivity index (χ1) is 10.1.